The number of hydrogen-bond donors (Lipinski definition) is 1. The lowest BCUT2D eigenvalue weighted by Gasteiger charge is -2.07. The van der Waals surface area contributed by atoms with E-state index in [1.54, 1.807) is 17.5 Å². The molecular weight excluding hydrogens is 256 g/mol. The first-order valence-electron chi connectivity index (χ1n) is 6.18. The number of aromatic nitrogens is 3. The Morgan fingerprint density at radius 1 is 1.26 bits per heavy atom. The van der Waals surface area contributed by atoms with Crippen molar-refractivity contribution in [3.8, 4) is 0 Å². The fourth-order valence-electron chi connectivity index (χ4n) is 2.00. The van der Waals surface area contributed by atoms with Gasteiger partial charge in [-0.05, 0) is 13.0 Å². The van der Waals surface area contributed by atoms with Gasteiger partial charge in [0.1, 0.15) is 0 Å². The van der Waals surface area contributed by atoms with Gasteiger partial charge in [0.15, 0.2) is 0 Å². The Morgan fingerprint density at radius 2 is 2.16 bits per heavy atom. The van der Waals surface area contributed by atoms with E-state index in [2.05, 4.69) is 31.9 Å². The summed E-state index contributed by atoms with van der Waals surface area (Å²) in [6.45, 7) is 2.88. The van der Waals surface area contributed by atoms with Crippen LogP contribution in [-0.4, -0.2) is 21.7 Å². The van der Waals surface area contributed by atoms with Crippen LogP contribution in [0.5, 0.6) is 0 Å². The van der Waals surface area contributed by atoms with Crippen molar-refractivity contribution in [1.82, 2.24) is 15.2 Å². The van der Waals surface area contributed by atoms with Gasteiger partial charge >= 0.3 is 0 Å². The predicted octanol–water partition coefficient (Wildman–Crippen LogP) is 3.05. The molecule has 3 aromatic rings. The van der Waals surface area contributed by atoms with Crippen LogP contribution in [0.4, 0.5) is 5.69 Å². The van der Waals surface area contributed by atoms with Gasteiger partial charge in [0.25, 0.3) is 0 Å². The molecule has 0 atom stereocenters. The molecule has 2 aromatic heterocycles. The van der Waals surface area contributed by atoms with Crippen molar-refractivity contribution < 1.29 is 0 Å². The summed E-state index contributed by atoms with van der Waals surface area (Å²) in [5.41, 5.74) is 3.08. The Hall–Kier alpha value is -2.01. The average Bonchev–Trinajstić information content (AvgIpc) is 2.85. The van der Waals surface area contributed by atoms with Gasteiger partial charge in [-0.1, -0.05) is 18.2 Å². The minimum atomic E-state index is 0.846. The van der Waals surface area contributed by atoms with Crippen molar-refractivity contribution in [2.24, 2.45) is 0 Å². The van der Waals surface area contributed by atoms with Crippen LogP contribution in [0.1, 0.15) is 10.7 Å². The largest absolute Gasteiger partial charge is 0.383 e. The van der Waals surface area contributed by atoms with Crippen LogP contribution >= 0.6 is 11.3 Å². The van der Waals surface area contributed by atoms with E-state index in [4.69, 9.17) is 0 Å². The fourth-order valence-corrected chi connectivity index (χ4v) is 2.64. The highest BCUT2D eigenvalue weighted by molar-refractivity contribution is 7.09. The summed E-state index contributed by atoms with van der Waals surface area (Å²) in [6.07, 6.45) is 2.69. The van der Waals surface area contributed by atoms with E-state index in [9.17, 15) is 0 Å². The molecule has 3 rings (SSSR count). The molecule has 4 nitrogen and oxygen atoms in total. The molecule has 19 heavy (non-hydrogen) atoms. The molecule has 0 bridgehead atoms. The summed E-state index contributed by atoms with van der Waals surface area (Å²) in [5, 5.41) is 15.9. The van der Waals surface area contributed by atoms with Gasteiger partial charge in [-0.2, -0.15) is 10.2 Å². The Kier molecular flexibility index (Phi) is 3.37. The Labute approximate surface area is 115 Å². The van der Waals surface area contributed by atoms with E-state index in [1.165, 1.54) is 0 Å². The number of rotatable bonds is 4. The quantitative estimate of drug-likeness (QED) is 0.791. The van der Waals surface area contributed by atoms with Crippen molar-refractivity contribution in [1.29, 1.82) is 0 Å². The molecule has 0 aliphatic heterocycles. The summed E-state index contributed by atoms with van der Waals surface area (Å²) in [4.78, 5) is 4.45. The monoisotopic (exact) mass is 270 g/mol. The lowest BCUT2D eigenvalue weighted by Crippen LogP contribution is -2.06. The van der Waals surface area contributed by atoms with Crippen molar-refractivity contribution in [2.45, 2.75) is 13.3 Å². The van der Waals surface area contributed by atoms with Crippen LogP contribution in [0.15, 0.2) is 35.8 Å². The maximum Gasteiger partial charge on any atom is 0.0950 e. The topological polar surface area (TPSA) is 50.7 Å². The number of benzene rings is 1. The Balaban J connectivity index is 1.71. The summed E-state index contributed by atoms with van der Waals surface area (Å²) >= 11 is 1.69. The van der Waals surface area contributed by atoms with E-state index >= 15 is 0 Å². The van der Waals surface area contributed by atoms with Gasteiger partial charge in [-0.25, -0.2) is 4.98 Å². The number of thiazole rings is 1. The number of fused-ring (bicyclic) bond motifs is 1. The highest BCUT2D eigenvalue weighted by Crippen LogP contribution is 2.19. The third-order valence-corrected chi connectivity index (χ3v) is 3.73. The molecule has 0 aliphatic rings. The maximum absolute atomic E-state index is 4.45. The summed E-state index contributed by atoms with van der Waals surface area (Å²) in [7, 11) is 0. The molecule has 1 N–H and O–H groups in total. The molecule has 0 amide bonds. The first-order valence-corrected chi connectivity index (χ1v) is 7.06. The molecule has 0 aliphatic carbocycles. The molecule has 5 heteroatoms. The van der Waals surface area contributed by atoms with Crippen LogP contribution in [0.3, 0.4) is 0 Å². The second-order valence-corrected chi connectivity index (χ2v) is 5.37. The number of aryl methyl sites for hydroxylation is 1. The van der Waals surface area contributed by atoms with E-state index in [0.717, 1.165) is 40.3 Å². The number of anilines is 1. The average molecular weight is 270 g/mol. The summed E-state index contributed by atoms with van der Waals surface area (Å²) in [6, 6.07) is 8.01. The second kappa shape index (κ2) is 5.32. The molecule has 0 spiro atoms. The highest BCUT2D eigenvalue weighted by atomic mass is 32.1. The standard InChI is InChI=1S/C14H14N4S/c1-10-17-11(9-19-10)6-7-15-14-8-16-18-13-5-3-2-4-12(13)14/h2-5,8-9H,6-7H2,1H3,(H,15,18). The Morgan fingerprint density at radius 3 is 3.00 bits per heavy atom. The lowest BCUT2D eigenvalue weighted by atomic mass is 10.2. The van der Waals surface area contributed by atoms with Gasteiger partial charge in [-0.15, -0.1) is 11.3 Å². The van der Waals surface area contributed by atoms with Crippen LogP contribution < -0.4 is 5.32 Å². The van der Waals surface area contributed by atoms with E-state index in [-0.39, 0.29) is 0 Å². The van der Waals surface area contributed by atoms with Crippen LogP contribution in [0.2, 0.25) is 0 Å². The summed E-state index contributed by atoms with van der Waals surface area (Å²) < 4.78 is 0. The molecule has 96 valence electrons. The lowest BCUT2D eigenvalue weighted by molar-refractivity contribution is 0.964. The number of nitrogens with zero attached hydrogens (tertiary/aromatic N) is 3. The molecule has 0 unspecified atom stereocenters. The fraction of sp³-hybridized carbons (Fsp3) is 0.214. The van der Waals surface area contributed by atoms with E-state index in [1.807, 2.05) is 25.1 Å². The predicted molar refractivity (Wildman–Crippen MR) is 78.6 cm³/mol. The minimum Gasteiger partial charge on any atom is -0.383 e. The van der Waals surface area contributed by atoms with E-state index < -0.39 is 0 Å². The molecule has 0 saturated heterocycles. The van der Waals surface area contributed by atoms with Gasteiger partial charge in [0.05, 0.1) is 28.1 Å². The van der Waals surface area contributed by atoms with Crippen LogP contribution in [0.25, 0.3) is 10.9 Å². The second-order valence-electron chi connectivity index (χ2n) is 4.31. The first kappa shape index (κ1) is 12.0. The molecule has 0 radical (unpaired) electrons. The molecule has 0 fully saturated rings. The number of nitrogens with one attached hydrogen (secondary N) is 1. The van der Waals surface area contributed by atoms with Crippen molar-refractivity contribution >= 4 is 27.9 Å². The molecule has 0 saturated carbocycles. The van der Waals surface area contributed by atoms with Crippen LogP contribution in [0, 0.1) is 6.92 Å². The van der Waals surface area contributed by atoms with E-state index in [0.29, 0.717) is 0 Å². The van der Waals surface area contributed by atoms with Gasteiger partial charge in [-0.3, -0.25) is 0 Å². The molecule has 1 aromatic carbocycles. The van der Waals surface area contributed by atoms with Crippen LogP contribution in [-0.2, 0) is 6.42 Å². The zero-order valence-electron chi connectivity index (χ0n) is 10.6. The normalized spacial score (nSPS) is 10.8. The SMILES string of the molecule is Cc1nc(CCNc2cnnc3ccccc23)cs1. The Bertz CT molecular complexity index is 687. The molecule has 2 heterocycles. The maximum atomic E-state index is 4.45. The van der Waals surface area contributed by atoms with Crippen molar-refractivity contribution in [3.63, 3.8) is 0 Å². The van der Waals surface area contributed by atoms with Gasteiger partial charge in [0, 0.05) is 23.7 Å². The summed E-state index contributed by atoms with van der Waals surface area (Å²) in [5.74, 6) is 0. The van der Waals surface area contributed by atoms with Crippen molar-refractivity contribution in [3.05, 3.63) is 46.5 Å². The van der Waals surface area contributed by atoms with Gasteiger partial charge in [0.2, 0.25) is 0 Å². The van der Waals surface area contributed by atoms with Crippen molar-refractivity contribution in [2.75, 3.05) is 11.9 Å². The molecular formula is C14H14N4S. The number of hydrogen-bond acceptors (Lipinski definition) is 5. The smallest absolute Gasteiger partial charge is 0.0950 e. The zero-order valence-corrected chi connectivity index (χ0v) is 11.4. The van der Waals surface area contributed by atoms with Gasteiger partial charge < -0.3 is 5.32 Å². The third kappa shape index (κ3) is 2.71. The first-order chi connectivity index (χ1) is 9.33. The third-order valence-electron chi connectivity index (χ3n) is 2.91. The highest BCUT2D eigenvalue weighted by Gasteiger charge is 2.02. The minimum absolute atomic E-state index is 0.846. The zero-order chi connectivity index (χ0) is 13.1.